The van der Waals surface area contributed by atoms with E-state index in [-0.39, 0.29) is 41.4 Å². The van der Waals surface area contributed by atoms with Gasteiger partial charge in [-0.05, 0) is 31.2 Å². The van der Waals surface area contributed by atoms with Gasteiger partial charge in [-0.25, -0.2) is 4.98 Å². The molecule has 8 nitrogen and oxygen atoms in total. The fourth-order valence-electron chi connectivity index (χ4n) is 3.31. The number of aryl methyl sites for hydroxylation is 1. The van der Waals surface area contributed by atoms with Crippen molar-refractivity contribution in [1.29, 1.82) is 0 Å². The molecule has 0 saturated carbocycles. The number of alkyl halides is 3. The Morgan fingerprint density at radius 1 is 1.03 bits per heavy atom. The van der Waals surface area contributed by atoms with E-state index in [1.54, 1.807) is 13.0 Å². The summed E-state index contributed by atoms with van der Waals surface area (Å²) in [5.74, 6) is -0.890. The highest BCUT2D eigenvalue weighted by molar-refractivity contribution is 6.07. The van der Waals surface area contributed by atoms with Crippen LogP contribution in [0.2, 0.25) is 0 Å². The van der Waals surface area contributed by atoms with Crippen molar-refractivity contribution in [3.05, 3.63) is 71.3 Å². The summed E-state index contributed by atoms with van der Waals surface area (Å²) in [6, 6.07) is 9.27. The maximum Gasteiger partial charge on any atom is 0.417 e. The molecule has 0 aliphatic heterocycles. The summed E-state index contributed by atoms with van der Waals surface area (Å²) in [4.78, 5) is 28.9. The molecule has 0 aliphatic carbocycles. The molecule has 0 fully saturated rings. The molecule has 0 spiro atoms. The van der Waals surface area contributed by atoms with Gasteiger partial charge in [0.1, 0.15) is 0 Å². The average Bonchev–Trinajstić information content (AvgIpc) is 3.46. The molecule has 4 aromatic rings. The number of fused-ring (bicyclic) bond motifs is 1. The lowest BCUT2D eigenvalue weighted by atomic mass is 10.0. The zero-order chi connectivity index (χ0) is 23.6. The summed E-state index contributed by atoms with van der Waals surface area (Å²) < 4.78 is 50.6. The second kappa shape index (κ2) is 8.77. The largest absolute Gasteiger partial charge is 0.459 e. The number of pyridine rings is 1. The molecule has 0 radical (unpaired) electrons. The quantitative estimate of drug-likeness (QED) is 0.423. The normalized spacial score (nSPS) is 11.5. The molecule has 3 heterocycles. The number of carbonyl (C=O) groups excluding carboxylic acids is 2. The number of halogens is 3. The van der Waals surface area contributed by atoms with Crippen LogP contribution < -0.4 is 10.6 Å². The first-order chi connectivity index (χ1) is 15.8. The number of rotatable bonds is 6. The second-order valence-electron chi connectivity index (χ2n) is 7.04. The van der Waals surface area contributed by atoms with E-state index < -0.39 is 23.6 Å². The van der Waals surface area contributed by atoms with Gasteiger partial charge in [-0.3, -0.25) is 9.59 Å². The Kier molecular flexibility index (Phi) is 5.86. The van der Waals surface area contributed by atoms with Crippen LogP contribution in [-0.4, -0.2) is 35.0 Å². The summed E-state index contributed by atoms with van der Waals surface area (Å²) in [5.41, 5.74) is -0.797. The van der Waals surface area contributed by atoms with Gasteiger partial charge >= 0.3 is 6.18 Å². The maximum absolute atomic E-state index is 13.5. The van der Waals surface area contributed by atoms with E-state index in [0.717, 1.165) is 6.07 Å². The van der Waals surface area contributed by atoms with Crippen LogP contribution in [0.15, 0.2) is 57.7 Å². The van der Waals surface area contributed by atoms with Crippen LogP contribution in [0, 0.1) is 6.92 Å². The highest BCUT2D eigenvalue weighted by Crippen LogP contribution is 2.37. The molecule has 1 aromatic carbocycles. The molecular formula is C22H17F3N4O4. The number of aromatic nitrogens is 2. The van der Waals surface area contributed by atoms with Crippen LogP contribution in [0.4, 0.5) is 13.2 Å². The van der Waals surface area contributed by atoms with Gasteiger partial charge in [0, 0.05) is 18.7 Å². The fourth-order valence-corrected chi connectivity index (χ4v) is 3.31. The molecule has 0 bridgehead atoms. The number of furan rings is 1. The van der Waals surface area contributed by atoms with Crippen LogP contribution in [0.5, 0.6) is 0 Å². The van der Waals surface area contributed by atoms with Crippen LogP contribution in [0.25, 0.3) is 22.4 Å². The van der Waals surface area contributed by atoms with Crippen molar-refractivity contribution in [2.75, 3.05) is 13.1 Å². The first-order valence-electron chi connectivity index (χ1n) is 9.79. The second-order valence-corrected chi connectivity index (χ2v) is 7.04. The summed E-state index contributed by atoms with van der Waals surface area (Å²) in [7, 11) is 0. The summed E-state index contributed by atoms with van der Waals surface area (Å²) in [6.07, 6.45) is -3.25. The minimum Gasteiger partial charge on any atom is -0.459 e. The molecule has 0 aliphatic rings. The predicted molar refractivity (Wildman–Crippen MR) is 110 cm³/mol. The van der Waals surface area contributed by atoms with Gasteiger partial charge in [0.05, 0.1) is 34.2 Å². The lowest BCUT2D eigenvalue weighted by molar-refractivity contribution is -0.137. The molecule has 11 heteroatoms. The number of hydrogen-bond donors (Lipinski definition) is 2. The average molecular weight is 458 g/mol. The lowest BCUT2D eigenvalue weighted by Gasteiger charge is -2.13. The number of nitrogens with zero attached hydrogens (tertiary/aromatic N) is 2. The van der Waals surface area contributed by atoms with Crippen molar-refractivity contribution in [3.8, 4) is 11.3 Å². The van der Waals surface area contributed by atoms with Crippen molar-refractivity contribution in [3.63, 3.8) is 0 Å². The van der Waals surface area contributed by atoms with Crippen LogP contribution in [0.1, 0.15) is 32.2 Å². The van der Waals surface area contributed by atoms with Gasteiger partial charge < -0.3 is 19.6 Å². The van der Waals surface area contributed by atoms with E-state index in [2.05, 4.69) is 20.8 Å². The Morgan fingerprint density at radius 3 is 2.45 bits per heavy atom. The number of nitrogens with one attached hydrogen (secondary N) is 2. The van der Waals surface area contributed by atoms with Gasteiger partial charge in [0.15, 0.2) is 5.76 Å². The van der Waals surface area contributed by atoms with Crippen LogP contribution in [-0.2, 0) is 6.18 Å². The van der Waals surface area contributed by atoms with Crippen molar-refractivity contribution >= 4 is 22.9 Å². The SMILES string of the molecule is Cc1noc2nc(-c3ccccc3C(F)(F)F)cc(C(=O)NCCNC(=O)c3ccco3)c12. The third-order valence-electron chi connectivity index (χ3n) is 4.81. The van der Waals surface area contributed by atoms with Gasteiger partial charge in [0.25, 0.3) is 17.5 Å². The van der Waals surface area contributed by atoms with Crippen molar-refractivity contribution < 1.29 is 31.7 Å². The molecule has 0 saturated heterocycles. The van der Waals surface area contributed by atoms with Gasteiger partial charge in [-0.1, -0.05) is 23.4 Å². The molecule has 0 unspecified atom stereocenters. The Hall–Kier alpha value is -4.15. The van der Waals surface area contributed by atoms with Crippen molar-refractivity contribution in [2.24, 2.45) is 0 Å². The van der Waals surface area contributed by atoms with Gasteiger partial charge in [0.2, 0.25) is 0 Å². The van der Waals surface area contributed by atoms with Crippen LogP contribution >= 0.6 is 0 Å². The molecular weight excluding hydrogens is 441 g/mol. The van der Waals surface area contributed by atoms with Gasteiger partial charge in [-0.15, -0.1) is 0 Å². The predicted octanol–water partition coefficient (Wildman–Crippen LogP) is 3.97. The van der Waals surface area contributed by atoms with Crippen LogP contribution in [0.3, 0.4) is 0 Å². The summed E-state index contributed by atoms with van der Waals surface area (Å²) in [5, 5.41) is 9.29. The highest BCUT2D eigenvalue weighted by Gasteiger charge is 2.34. The van der Waals surface area contributed by atoms with E-state index >= 15 is 0 Å². The molecule has 3 aromatic heterocycles. The summed E-state index contributed by atoms with van der Waals surface area (Å²) >= 11 is 0. The number of benzene rings is 1. The van der Waals surface area contributed by atoms with Crippen molar-refractivity contribution in [2.45, 2.75) is 13.1 Å². The lowest BCUT2D eigenvalue weighted by Crippen LogP contribution is -2.34. The molecule has 2 amide bonds. The minimum absolute atomic E-state index is 0.0572. The topological polar surface area (TPSA) is 110 Å². The van der Waals surface area contributed by atoms with E-state index in [4.69, 9.17) is 8.94 Å². The first kappa shape index (κ1) is 22.1. The molecule has 0 atom stereocenters. The standard InChI is InChI=1S/C22H17F3N4O4/c1-12-18-14(19(30)26-8-9-27-20(31)17-7-4-10-32-17)11-16(28-21(18)33-29-12)13-5-2-3-6-15(13)22(23,24)25/h2-7,10-11H,8-9H2,1H3,(H,26,30)(H,27,31). The number of hydrogen-bond acceptors (Lipinski definition) is 6. The first-order valence-corrected chi connectivity index (χ1v) is 9.79. The molecule has 2 N–H and O–H groups in total. The third-order valence-corrected chi connectivity index (χ3v) is 4.81. The Bertz CT molecular complexity index is 1310. The van der Waals surface area contributed by atoms with Gasteiger partial charge in [-0.2, -0.15) is 13.2 Å². The van der Waals surface area contributed by atoms with Crippen molar-refractivity contribution in [1.82, 2.24) is 20.8 Å². The van der Waals surface area contributed by atoms with E-state index in [0.29, 0.717) is 11.1 Å². The molecule has 4 rings (SSSR count). The van der Waals surface area contributed by atoms with E-state index in [9.17, 15) is 22.8 Å². The maximum atomic E-state index is 13.5. The number of carbonyl (C=O) groups is 2. The molecule has 170 valence electrons. The fraction of sp³-hybridized carbons (Fsp3) is 0.182. The monoisotopic (exact) mass is 458 g/mol. The van der Waals surface area contributed by atoms with E-state index in [1.807, 2.05) is 0 Å². The Morgan fingerprint density at radius 2 is 1.76 bits per heavy atom. The highest BCUT2D eigenvalue weighted by atomic mass is 19.4. The minimum atomic E-state index is -4.61. The Labute approximate surface area is 184 Å². The zero-order valence-corrected chi connectivity index (χ0v) is 17.2. The Balaban J connectivity index is 1.59. The number of amides is 2. The summed E-state index contributed by atoms with van der Waals surface area (Å²) in [6.45, 7) is 1.76. The van der Waals surface area contributed by atoms with E-state index in [1.165, 1.54) is 36.6 Å². The molecule has 33 heavy (non-hydrogen) atoms. The smallest absolute Gasteiger partial charge is 0.417 e. The third kappa shape index (κ3) is 4.56. The zero-order valence-electron chi connectivity index (χ0n) is 17.2.